The summed E-state index contributed by atoms with van der Waals surface area (Å²) in [6, 6.07) is 0. The summed E-state index contributed by atoms with van der Waals surface area (Å²) in [6.07, 6.45) is 0. The van der Waals surface area contributed by atoms with Crippen LogP contribution in [0.5, 0.6) is 0 Å². The second kappa shape index (κ2) is 3.88. The van der Waals surface area contributed by atoms with Gasteiger partial charge in [0.1, 0.15) is 4.60 Å². The number of alkyl halides is 1. The van der Waals surface area contributed by atoms with Gasteiger partial charge in [-0.1, -0.05) is 15.9 Å². The van der Waals surface area contributed by atoms with Gasteiger partial charge in [0.2, 0.25) is 0 Å². The first kappa shape index (κ1) is 10.2. The van der Waals surface area contributed by atoms with E-state index in [-0.39, 0.29) is 0 Å². The predicted octanol–water partition coefficient (Wildman–Crippen LogP) is 3.66. The van der Waals surface area contributed by atoms with E-state index < -0.39 is 0 Å². The number of rotatable bonds is 1. The first-order chi connectivity index (χ1) is 5.57. The molecule has 1 nitrogen and oxygen atoms in total. The van der Waals surface area contributed by atoms with Gasteiger partial charge in [0.25, 0.3) is 0 Å². The summed E-state index contributed by atoms with van der Waals surface area (Å²) < 4.78 is 0.958. The normalized spacial score (nSPS) is 10.4. The molecule has 0 unspecified atom stereocenters. The number of halogens is 2. The quantitative estimate of drug-likeness (QED) is 0.569. The third-order valence-corrected chi connectivity index (χ3v) is 3.42. The van der Waals surface area contributed by atoms with Crippen molar-refractivity contribution in [1.29, 1.82) is 0 Å². The maximum Gasteiger partial charge on any atom is 0.110 e. The summed E-state index contributed by atoms with van der Waals surface area (Å²) in [5.74, 6) is 0. The van der Waals surface area contributed by atoms with Crippen molar-refractivity contribution < 1.29 is 0 Å². The maximum absolute atomic E-state index is 4.39. The van der Waals surface area contributed by atoms with Gasteiger partial charge >= 0.3 is 0 Å². The van der Waals surface area contributed by atoms with Crippen LogP contribution in [-0.2, 0) is 5.33 Å². The number of nitrogens with zero attached hydrogens (tertiary/aromatic N) is 1. The molecule has 0 N–H and O–H groups in total. The van der Waals surface area contributed by atoms with Gasteiger partial charge in [-0.05, 0) is 53.4 Å². The van der Waals surface area contributed by atoms with Crippen LogP contribution in [0.2, 0.25) is 0 Å². The van der Waals surface area contributed by atoms with Gasteiger partial charge in [-0.2, -0.15) is 0 Å². The standard InChI is InChI=1S/C9H11Br2N/c1-5-6(2)8(4-10)9(11)12-7(5)3/h4H2,1-3H3. The van der Waals surface area contributed by atoms with Gasteiger partial charge in [0, 0.05) is 11.0 Å². The van der Waals surface area contributed by atoms with Gasteiger partial charge in [-0.25, -0.2) is 4.98 Å². The Hall–Kier alpha value is 0.110. The highest BCUT2D eigenvalue weighted by Crippen LogP contribution is 2.24. The average molecular weight is 293 g/mol. The minimum atomic E-state index is 0.855. The van der Waals surface area contributed by atoms with Crippen LogP contribution in [0.25, 0.3) is 0 Å². The third-order valence-electron chi connectivity index (χ3n) is 2.21. The molecule has 12 heavy (non-hydrogen) atoms. The fourth-order valence-corrected chi connectivity index (χ4v) is 2.87. The minimum absolute atomic E-state index is 0.855. The second-order valence-corrected chi connectivity index (χ2v) is 4.16. The molecule has 0 aromatic carbocycles. The molecule has 0 spiro atoms. The van der Waals surface area contributed by atoms with E-state index in [9.17, 15) is 0 Å². The lowest BCUT2D eigenvalue weighted by atomic mass is 10.1. The number of hydrogen-bond acceptors (Lipinski definition) is 1. The summed E-state index contributed by atoms with van der Waals surface area (Å²) in [4.78, 5) is 4.39. The molecule has 0 saturated heterocycles. The van der Waals surface area contributed by atoms with E-state index in [1.54, 1.807) is 0 Å². The first-order valence-corrected chi connectivity index (χ1v) is 5.67. The molecule has 0 aliphatic carbocycles. The average Bonchev–Trinajstić information content (AvgIpc) is 2.01. The van der Waals surface area contributed by atoms with Crippen LogP contribution in [0, 0.1) is 20.8 Å². The Bertz CT molecular complexity index is 308. The smallest absolute Gasteiger partial charge is 0.110 e. The molecule has 3 heteroatoms. The Balaban J connectivity index is 3.40. The van der Waals surface area contributed by atoms with E-state index in [4.69, 9.17) is 0 Å². The SMILES string of the molecule is Cc1nc(Br)c(CBr)c(C)c1C. The van der Waals surface area contributed by atoms with Crippen molar-refractivity contribution in [2.75, 3.05) is 0 Å². The number of aryl methyl sites for hydroxylation is 1. The zero-order chi connectivity index (χ0) is 9.30. The minimum Gasteiger partial charge on any atom is -0.246 e. The summed E-state index contributed by atoms with van der Waals surface area (Å²) in [5, 5.41) is 0.855. The Morgan fingerprint density at radius 2 is 1.75 bits per heavy atom. The molecule has 1 aromatic heterocycles. The van der Waals surface area contributed by atoms with Crippen LogP contribution in [0.3, 0.4) is 0 Å². The summed E-state index contributed by atoms with van der Waals surface area (Å²) in [6.45, 7) is 6.27. The molecule has 0 bridgehead atoms. The summed E-state index contributed by atoms with van der Waals surface area (Å²) in [7, 11) is 0. The van der Waals surface area contributed by atoms with E-state index in [0.29, 0.717) is 0 Å². The molecule has 0 aliphatic rings. The van der Waals surface area contributed by atoms with Crippen LogP contribution >= 0.6 is 31.9 Å². The van der Waals surface area contributed by atoms with Crippen molar-refractivity contribution in [2.45, 2.75) is 26.1 Å². The Morgan fingerprint density at radius 3 is 2.25 bits per heavy atom. The van der Waals surface area contributed by atoms with E-state index in [2.05, 4.69) is 50.7 Å². The Morgan fingerprint density at radius 1 is 1.17 bits per heavy atom. The molecule has 0 aliphatic heterocycles. The van der Waals surface area contributed by atoms with E-state index in [1.165, 1.54) is 16.7 Å². The first-order valence-electron chi connectivity index (χ1n) is 3.76. The van der Waals surface area contributed by atoms with Crippen molar-refractivity contribution in [3.05, 3.63) is 27.0 Å². The molecule has 0 radical (unpaired) electrons. The molecule has 1 rings (SSSR count). The largest absolute Gasteiger partial charge is 0.246 e. The zero-order valence-corrected chi connectivity index (χ0v) is 10.6. The zero-order valence-electron chi connectivity index (χ0n) is 7.41. The fourth-order valence-electron chi connectivity index (χ4n) is 1.11. The van der Waals surface area contributed by atoms with E-state index in [1.807, 2.05) is 6.92 Å². The lowest BCUT2D eigenvalue weighted by Gasteiger charge is -2.10. The summed E-state index contributed by atoms with van der Waals surface area (Å²) in [5.41, 5.74) is 4.96. The van der Waals surface area contributed by atoms with Crippen molar-refractivity contribution in [2.24, 2.45) is 0 Å². The third kappa shape index (κ3) is 1.72. The van der Waals surface area contributed by atoms with E-state index in [0.717, 1.165) is 15.6 Å². The van der Waals surface area contributed by atoms with Gasteiger partial charge in [-0.3, -0.25) is 0 Å². The molecule has 1 aromatic rings. The van der Waals surface area contributed by atoms with Crippen LogP contribution in [-0.4, -0.2) is 4.98 Å². The molecule has 0 amide bonds. The lowest BCUT2D eigenvalue weighted by molar-refractivity contribution is 1.06. The predicted molar refractivity (Wildman–Crippen MR) is 58.8 cm³/mol. The van der Waals surface area contributed by atoms with Crippen molar-refractivity contribution in [3.8, 4) is 0 Å². The molecular weight excluding hydrogens is 282 g/mol. The van der Waals surface area contributed by atoms with Crippen molar-refractivity contribution in [3.63, 3.8) is 0 Å². The Labute approximate surface area is 89.8 Å². The molecule has 0 atom stereocenters. The van der Waals surface area contributed by atoms with Crippen LogP contribution in [0.15, 0.2) is 4.60 Å². The summed E-state index contributed by atoms with van der Waals surface area (Å²) >= 11 is 6.90. The van der Waals surface area contributed by atoms with Crippen LogP contribution in [0.4, 0.5) is 0 Å². The highest BCUT2D eigenvalue weighted by atomic mass is 79.9. The van der Waals surface area contributed by atoms with Crippen LogP contribution in [0.1, 0.15) is 22.4 Å². The molecule has 0 fully saturated rings. The molecule has 1 heterocycles. The highest BCUT2D eigenvalue weighted by Gasteiger charge is 2.08. The monoisotopic (exact) mass is 291 g/mol. The second-order valence-electron chi connectivity index (χ2n) is 2.85. The number of hydrogen-bond donors (Lipinski definition) is 0. The highest BCUT2D eigenvalue weighted by molar-refractivity contribution is 9.10. The topological polar surface area (TPSA) is 12.9 Å². The van der Waals surface area contributed by atoms with Crippen molar-refractivity contribution in [1.82, 2.24) is 4.98 Å². The van der Waals surface area contributed by atoms with Gasteiger partial charge in [-0.15, -0.1) is 0 Å². The van der Waals surface area contributed by atoms with E-state index >= 15 is 0 Å². The van der Waals surface area contributed by atoms with Crippen molar-refractivity contribution >= 4 is 31.9 Å². The van der Waals surface area contributed by atoms with Gasteiger partial charge in [0.15, 0.2) is 0 Å². The van der Waals surface area contributed by atoms with Gasteiger partial charge in [0.05, 0.1) is 0 Å². The maximum atomic E-state index is 4.39. The number of aromatic nitrogens is 1. The van der Waals surface area contributed by atoms with Crippen LogP contribution < -0.4 is 0 Å². The molecule has 0 saturated carbocycles. The molecular formula is C9H11Br2N. The molecule has 66 valence electrons. The number of pyridine rings is 1. The fraction of sp³-hybridized carbons (Fsp3) is 0.444. The lowest BCUT2D eigenvalue weighted by Crippen LogP contribution is -1.98. The Kier molecular flexibility index (Phi) is 3.29. The van der Waals surface area contributed by atoms with Gasteiger partial charge < -0.3 is 0 Å².